The third-order valence-corrected chi connectivity index (χ3v) is 4.76. The Balaban J connectivity index is 2.01. The molecule has 0 saturated carbocycles. The Morgan fingerprint density at radius 3 is 1.95 bits per heavy atom. The molecule has 3 heteroatoms. The number of benzene rings is 2. The van der Waals surface area contributed by atoms with Gasteiger partial charge in [0.1, 0.15) is 5.38 Å². The Hall–Kier alpha value is -1.80. The van der Waals surface area contributed by atoms with E-state index < -0.39 is 0 Å². The molecule has 0 spiro atoms. The maximum atomic E-state index is 12.4. The first kappa shape index (κ1) is 15.1. The fourth-order valence-corrected chi connectivity index (χ4v) is 3.57. The van der Waals surface area contributed by atoms with Crippen LogP contribution in [-0.4, -0.2) is 22.2 Å². The molecule has 2 aromatic rings. The summed E-state index contributed by atoms with van der Waals surface area (Å²) in [6.07, 6.45) is 1.96. The van der Waals surface area contributed by atoms with Crippen molar-refractivity contribution in [1.29, 1.82) is 0 Å². The number of alkyl halides is 1. The van der Waals surface area contributed by atoms with E-state index in [4.69, 9.17) is 11.6 Å². The molecule has 114 valence electrons. The van der Waals surface area contributed by atoms with E-state index in [0.717, 1.165) is 24.0 Å². The lowest BCUT2D eigenvalue weighted by atomic mass is 9.88. The van der Waals surface area contributed by atoms with Crippen LogP contribution in [0.3, 0.4) is 0 Å². The van der Waals surface area contributed by atoms with Gasteiger partial charge in [0.25, 0.3) is 0 Å². The summed E-state index contributed by atoms with van der Waals surface area (Å²) >= 11 is 6.27. The van der Waals surface area contributed by atoms with Crippen LogP contribution in [0.15, 0.2) is 60.7 Å². The van der Waals surface area contributed by atoms with Crippen LogP contribution in [0.2, 0.25) is 0 Å². The number of carbonyl (C=O) groups is 1. The second-order valence-electron chi connectivity index (χ2n) is 5.73. The highest BCUT2D eigenvalue weighted by Crippen LogP contribution is 2.40. The molecule has 0 N–H and O–H groups in total. The van der Waals surface area contributed by atoms with Crippen molar-refractivity contribution >= 4 is 17.5 Å². The zero-order chi connectivity index (χ0) is 15.5. The molecule has 0 bridgehead atoms. The SMILES string of the molecule is CCC[C@@H]1[C@H](Cl)C(=O)N1C(c1ccccc1)c1ccccc1. The van der Waals surface area contributed by atoms with E-state index in [9.17, 15) is 4.79 Å². The van der Waals surface area contributed by atoms with Gasteiger partial charge in [0.15, 0.2) is 0 Å². The van der Waals surface area contributed by atoms with Crippen molar-refractivity contribution in [2.45, 2.75) is 37.2 Å². The van der Waals surface area contributed by atoms with E-state index in [-0.39, 0.29) is 23.4 Å². The van der Waals surface area contributed by atoms with E-state index >= 15 is 0 Å². The Labute approximate surface area is 136 Å². The topological polar surface area (TPSA) is 20.3 Å². The fourth-order valence-electron chi connectivity index (χ4n) is 3.21. The van der Waals surface area contributed by atoms with Crippen LogP contribution in [0.25, 0.3) is 0 Å². The van der Waals surface area contributed by atoms with Gasteiger partial charge < -0.3 is 4.90 Å². The zero-order valence-corrected chi connectivity index (χ0v) is 13.4. The van der Waals surface area contributed by atoms with Crippen LogP contribution in [0.1, 0.15) is 36.9 Å². The number of hydrogen-bond donors (Lipinski definition) is 0. The van der Waals surface area contributed by atoms with Crippen molar-refractivity contribution in [3.8, 4) is 0 Å². The maximum Gasteiger partial charge on any atom is 0.243 e. The monoisotopic (exact) mass is 313 g/mol. The molecule has 0 aromatic heterocycles. The highest BCUT2D eigenvalue weighted by molar-refractivity contribution is 6.33. The van der Waals surface area contributed by atoms with Crippen LogP contribution < -0.4 is 0 Å². The number of hydrogen-bond acceptors (Lipinski definition) is 1. The van der Waals surface area contributed by atoms with E-state index in [1.54, 1.807) is 0 Å². The molecule has 1 aliphatic rings. The van der Waals surface area contributed by atoms with Crippen LogP contribution in [0.4, 0.5) is 0 Å². The third-order valence-electron chi connectivity index (χ3n) is 4.28. The molecule has 1 fully saturated rings. The zero-order valence-electron chi connectivity index (χ0n) is 12.7. The first-order valence-corrected chi connectivity index (χ1v) is 8.23. The Morgan fingerprint density at radius 1 is 1.00 bits per heavy atom. The summed E-state index contributed by atoms with van der Waals surface area (Å²) in [7, 11) is 0. The number of halogens is 1. The first-order valence-electron chi connectivity index (χ1n) is 7.80. The number of carbonyl (C=O) groups excluding carboxylic acids is 1. The minimum Gasteiger partial charge on any atom is -0.325 e. The predicted octanol–water partition coefficient (Wildman–Crippen LogP) is 4.39. The molecule has 1 amide bonds. The van der Waals surface area contributed by atoms with E-state index in [1.807, 2.05) is 41.3 Å². The number of likely N-dealkylation sites (tertiary alicyclic amines) is 1. The van der Waals surface area contributed by atoms with Crippen LogP contribution in [0.5, 0.6) is 0 Å². The second kappa shape index (κ2) is 6.53. The summed E-state index contributed by atoms with van der Waals surface area (Å²) in [4.78, 5) is 14.4. The Bertz CT molecular complexity index is 589. The largest absolute Gasteiger partial charge is 0.325 e. The van der Waals surface area contributed by atoms with Crippen molar-refractivity contribution in [3.63, 3.8) is 0 Å². The summed E-state index contributed by atoms with van der Waals surface area (Å²) < 4.78 is 0. The average molecular weight is 314 g/mol. The van der Waals surface area contributed by atoms with Gasteiger partial charge in [-0.15, -0.1) is 11.6 Å². The molecule has 0 radical (unpaired) electrons. The van der Waals surface area contributed by atoms with E-state index in [0.29, 0.717) is 0 Å². The van der Waals surface area contributed by atoms with Crippen LogP contribution in [-0.2, 0) is 4.79 Å². The van der Waals surface area contributed by atoms with Crippen molar-refractivity contribution in [2.75, 3.05) is 0 Å². The highest BCUT2D eigenvalue weighted by Gasteiger charge is 2.49. The van der Waals surface area contributed by atoms with Crippen molar-refractivity contribution in [1.82, 2.24) is 4.90 Å². The molecule has 0 unspecified atom stereocenters. The van der Waals surface area contributed by atoms with Gasteiger partial charge in [-0.25, -0.2) is 0 Å². The van der Waals surface area contributed by atoms with Crippen LogP contribution >= 0.6 is 11.6 Å². The van der Waals surface area contributed by atoms with E-state index in [2.05, 4.69) is 31.2 Å². The van der Waals surface area contributed by atoms with Crippen molar-refractivity contribution in [2.24, 2.45) is 0 Å². The lowest BCUT2D eigenvalue weighted by Crippen LogP contribution is -2.63. The van der Waals surface area contributed by atoms with Gasteiger partial charge in [-0.05, 0) is 17.5 Å². The van der Waals surface area contributed by atoms with Crippen molar-refractivity contribution < 1.29 is 4.79 Å². The lowest BCUT2D eigenvalue weighted by Gasteiger charge is -2.49. The Morgan fingerprint density at radius 2 is 1.50 bits per heavy atom. The fraction of sp³-hybridized carbons (Fsp3) is 0.316. The molecule has 1 aliphatic heterocycles. The molecule has 22 heavy (non-hydrogen) atoms. The molecule has 1 heterocycles. The minimum atomic E-state index is -0.380. The molecule has 2 nitrogen and oxygen atoms in total. The molecule has 2 aromatic carbocycles. The lowest BCUT2D eigenvalue weighted by molar-refractivity contribution is -0.148. The number of β-lactam (4-membered cyclic amide) rings is 1. The standard InChI is InChI=1S/C19H20ClNO/c1-2-9-16-17(20)19(22)21(16)18(14-10-5-3-6-11-14)15-12-7-4-8-13-15/h3-8,10-13,16-18H,2,9H2,1H3/t16-,17+/m1/s1. The Kier molecular flexibility index (Phi) is 4.49. The van der Waals surface area contributed by atoms with E-state index in [1.165, 1.54) is 0 Å². The summed E-state index contributed by atoms with van der Waals surface area (Å²) in [5, 5.41) is -0.380. The molecule has 3 rings (SSSR count). The summed E-state index contributed by atoms with van der Waals surface area (Å²) in [6.45, 7) is 2.13. The van der Waals surface area contributed by atoms with Gasteiger partial charge in [-0.1, -0.05) is 74.0 Å². The highest BCUT2D eigenvalue weighted by atomic mass is 35.5. The first-order chi connectivity index (χ1) is 10.7. The molecular weight excluding hydrogens is 294 g/mol. The van der Waals surface area contributed by atoms with Gasteiger partial charge >= 0.3 is 0 Å². The molecule has 1 saturated heterocycles. The quantitative estimate of drug-likeness (QED) is 0.592. The molecular formula is C19H20ClNO. The summed E-state index contributed by atoms with van der Waals surface area (Å²) in [5.41, 5.74) is 2.26. The van der Waals surface area contributed by atoms with Crippen LogP contribution in [0, 0.1) is 0 Å². The second-order valence-corrected chi connectivity index (χ2v) is 6.20. The average Bonchev–Trinajstić information content (AvgIpc) is 2.59. The summed E-state index contributed by atoms with van der Waals surface area (Å²) in [5.74, 6) is 0.0397. The number of nitrogens with zero attached hydrogens (tertiary/aromatic N) is 1. The minimum absolute atomic E-state index is 0.0397. The van der Waals surface area contributed by atoms with Gasteiger partial charge in [-0.3, -0.25) is 4.79 Å². The molecule has 2 atom stereocenters. The predicted molar refractivity (Wildman–Crippen MR) is 89.9 cm³/mol. The number of rotatable bonds is 5. The number of amides is 1. The van der Waals surface area contributed by atoms with Gasteiger partial charge in [0.2, 0.25) is 5.91 Å². The van der Waals surface area contributed by atoms with Gasteiger partial charge in [0.05, 0.1) is 12.1 Å². The third kappa shape index (κ3) is 2.64. The van der Waals surface area contributed by atoms with Gasteiger partial charge in [0, 0.05) is 0 Å². The molecule has 0 aliphatic carbocycles. The van der Waals surface area contributed by atoms with Crippen molar-refractivity contribution in [3.05, 3.63) is 71.8 Å². The smallest absolute Gasteiger partial charge is 0.243 e. The maximum absolute atomic E-state index is 12.4. The van der Waals surface area contributed by atoms with Gasteiger partial charge in [-0.2, -0.15) is 0 Å². The normalized spacial score (nSPS) is 21.0. The summed E-state index contributed by atoms with van der Waals surface area (Å²) in [6, 6.07) is 20.4.